The summed E-state index contributed by atoms with van der Waals surface area (Å²) in [5, 5.41) is 4.64. The molecule has 0 spiro atoms. The minimum atomic E-state index is 0. The van der Waals surface area contributed by atoms with Gasteiger partial charge in [0.1, 0.15) is 5.71 Å². The predicted molar refractivity (Wildman–Crippen MR) is 103 cm³/mol. The molecular weight excluding hydrogens is 318 g/mol. The summed E-state index contributed by atoms with van der Waals surface area (Å²) < 4.78 is 0. The zero-order valence-corrected chi connectivity index (χ0v) is 14.5. The van der Waals surface area contributed by atoms with Gasteiger partial charge < -0.3 is 0 Å². The lowest BCUT2D eigenvalue weighted by atomic mass is 10.1. The molecule has 0 unspecified atom stereocenters. The van der Waals surface area contributed by atoms with E-state index in [1.165, 1.54) is 11.1 Å². The molecule has 0 radical (unpaired) electrons. The molecule has 2 aromatic carbocycles. The number of anilines is 1. The van der Waals surface area contributed by atoms with E-state index in [-0.39, 0.29) is 12.4 Å². The zero-order valence-electron chi connectivity index (χ0n) is 13.7. The Bertz CT molecular complexity index is 773. The highest BCUT2D eigenvalue weighted by molar-refractivity contribution is 6.11. The van der Waals surface area contributed by atoms with Gasteiger partial charge >= 0.3 is 0 Å². The Hall–Kier alpha value is -2.65. The van der Waals surface area contributed by atoms with Gasteiger partial charge in [0.2, 0.25) is 0 Å². The van der Waals surface area contributed by atoms with E-state index in [0.29, 0.717) is 0 Å². The molecule has 1 aromatic heterocycles. The number of aromatic nitrogens is 1. The maximum Gasteiger partial charge on any atom is 0.116 e. The highest BCUT2D eigenvalue weighted by Crippen LogP contribution is 2.18. The quantitative estimate of drug-likeness (QED) is 0.538. The second-order valence-electron chi connectivity index (χ2n) is 5.40. The third-order valence-corrected chi connectivity index (χ3v) is 3.85. The third-order valence-electron chi connectivity index (χ3n) is 3.85. The lowest BCUT2D eigenvalue weighted by Gasteiger charge is -2.10. The highest BCUT2D eigenvalue weighted by atomic mass is 35.5. The fourth-order valence-corrected chi connectivity index (χ4v) is 2.36. The highest BCUT2D eigenvalue weighted by Gasteiger charge is 2.08. The second-order valence-corrected chi connectivity index (χ2v) is 5.40. The Labute approximate surface area is 148 Å². The number of halogens is 1. The SMILES string of the molecule is Cc1cccc(NN=C(c2ccccc2)c2ccccn2)c1C.Cl. The number of rotatable bonds is 4. The van der Waals surface area contributed by atoms with Gasteiger partial charge in [-0.15, -0.1) is 12.4 Å². The Morgan fingerprint density at radius 3 is 2.33 bits per heavy atom. The molecule has 3 rings (SSSR count). The molecule has 0 amide bonds. The minimum Gasteiger partial charge on any atom is -0.278 e. The van der Waals surface area contributed by atoms with Crippen LogP contribution in [0.1, 0.15) is 22.4 Å². The molecule has 122 valence electrons. The van der Waals surface area contributed by atoms with Crippen LogP contribution in [-0.4, -0.2) is 10.7 Å². The van der Waals surface area contributed by atoms with Gasteiger partial charge in [-0.3, -0.25) is 10.4 Å². The Balaban J connectivity index is 0.00000208. The molecule has 3 nitrogen and oxygen atoms in total. The molecule has 0 fully saturated rings. The molecule has 0 aliphatic carbocycles. The molecule has 1 heterocycles. The van der Waals surface area contributed by atoms with Crippen LogP contribution in [0.5, 0.6) is 0 Å². The first kappa shape index (κ1) is 17.7. The summed E-state index contributed by atoms with van der Waals surface area (Å²) in [7, 11) is 0. The number of nitrogens with zero attached hydrogens (tertiary/aromatic N) is 2. The number of hydrogen-bond donors (Lipinski definition) is 1. The van der Waals surface area contributed by atoms with Crippen LogP contribution in [-0.2, 0) is 0 Å². The smallest absolute Gasteiger partial charge is 0.116 e. The van der Waals surface area contributed by atoms with Crippen molar-refractivity contribution in [2.75, 3.05) is 5.43 Å². The van der Waals surface area contributed by atoms with Crippen LogP contribution in [0.4, 0.5) is 5.69 Å². The molecule has 0 saturated heterocycles. The van der Waals surface area contributed by atoms with Gasteiger partial charge in [-0.05, 0) is 43.2 Å². The first-order valence-corrected chi connectivity index (χ1v) is 7.62. The van der Waals surface area contributed by atoms with Crippen molar-refractivity contribution in [3.05, 3.63) is 95.3 Å². The van der Waals surface area contributed by atoms with Gasteiger partial charge in [0.05, 0.1) is 11.4 Å². The number of benzene rings is 2. The van der Waals surface area contributed by atoms with E-state index in [2.05, 4.69) is 35.4 Å². The predicted octanol–water partition coefficient (Wildman–Crippen LogP) is 4.98. The zero-order chi connectivity index (χ0) is 16.1. The van der Waals surface area contributed by atoms with Crippen molar-refractivity contribution >= 4 is 23.8 Å². The van der Waals surface area contributed by atoms with Crippen molar-refractivity contribution < 1.29 is 0 Å². The van der Waals surface area contributed by atoms with Crippen molar-refractivity contribution in [2.24, 2.45) is 5.10 Å². The molecule has 0 atom stereocenters. The lowest BCUT2D eigenvalue weighted by molar-refractivity contribution is 1.23. The van der Waals surface area contributed by atoms with E-state index in [1.54, 1.807) is 6.20 Å². The van der Waals surface area contributed by atoms with E-state index in [1.807, 2.05) is 60.7 Å². The molecule has 1 N–H and O–H groups in total. The van der Waals surface area contributed by atoms with E-state index >= 15 is 0 Å². The molecule has 24 heavy (non-hydrogen) atoms. The van der Waals surface area contributed by atoms with Gasteiger partial charge in [0.15, 0.2) is 0 Å². The molecule has 3 aromatic rings. The fraction of sp³-hybridized carbons (Fsp3) is 0.100. The largest absolute Gasteiger partial charge is 0.278 e. The molecule has 0 aliphatic rings. The van der Waals surface area contributed by atoms with E-state index < -0.39 is 0 Å². The van der Waals surface area contributed by atoms with Crippen LogP contribution in [0, 0.1) is 13.8 Å². The maximum atomic E-state index is 4.64. The molecule has 0 aliphatic heterocycles. The van der Waals surface area contributed by atoms with Gasteiger partial charge in [-0.2, -0.15) is 5.10 Å². The fourth-order valence-electron chi connectivity index (χ4n) is 2.36. The van der Waals surface area contributed by atoms with Crippen molar-refractivity contribution in [1.82, 2.24) is 4.98 Å². The van der Waals surface area contributed by atoms with Crippen LogP contribution in [0.3, 0.4) is 0 Å². The normalized spacial score (nSPS) is 10.8. The first-order valence-electron chi connectivity index (χ1n) is 7.62. The van der Waals surface area contributed by atoms with Gasteiger partial charge in [0, 0.05) is 11.8 Å². The minimum absolute atomic E-state index is 0. The second kappa shape index (κ2) is 8.27. The number of pyridine rings is 1. The molecule has 4 heteroatoms. The van der Waals surface area contributed by atoms with Crippen molar-refractivity contribution in [1.29, 1.82) is 0 Å². The third kappa shape index (κ3) is 4.00. The molecule has 0 saturated carbocycles. The topological polar surface area (TPSA) is 37.3 Å². The van der Waals surface area contributed by atoms with Crippen LogP contribution >= 0.6 is 12.4 Å². The summed E-state index contributed by atoms with van der Waals surface area (Å²) in [4.78, 5) is 4.44. The molecule has 0 bridgehead atoms. The standard InChI is InChI=1S/C20H19N3.ClH/c1-15-9-8-13-18(16(15)2)22-23-20(17-10-4-3-5-11-17)19-12-6-7-14-21-19;/h3-14,22H,1-2H3;1H. The van der Waals surface area contributed by atoms with Crippen LogP contribution in [0.15, 0.2) is 78.0 Å². The van der Waals surface area contributed by atoms with Gasteiger partial charge in [-0.1, -0.05) is 48.5 Å². The average molecular weight is 338 g/mol. The van der Waals surface area contributed by atoms with Crippen molar-refractivity contribution in [3.63, 3.8) is 0 Å². The van der Waals surface area contributed by atoms with Crippen molar-refractivity contribution in [3.8, 4) is 0 Å². The van der Waals surface area contributed by atoms with Gasteiger partial charge in [0.25, 0.3) is 0 Å². The van der Waals surface area contributed by atoms with Crippen LogP contribution in [0.25, 0.3) is 0 Å². The number of nitrogens with one attached hydrogen (secondary N) is 1. The first-order chi connectivity index (χ1) is 11.3. The summed E-state index contributed by atoms with van der Waals surface area (Å²) >= 11 is 0. The van der Waals surface area contributed by atoms with Crippen molar-refractivity contribution in [2.45, 2.75) is 13.8 Å². The van der Waals surface area contributed by atoms with Crippen LogP contribution in [0.2, 0.25) is 0 Å². The number of aryl methyl sites for hydroxylation is 1. The number of hydrogen-bond acceptors (Lipinski definition) is 3. The summed E-state index contributed by atoms with van der Waals surface area (Å²) in [5.41, 5.74) is 9.35. The van der Waals surface area contributed by atoms with E-state index in [9.17, 15) is 0 Å². The number of hydrazone groups is 1. The lowest BCUT2D eigenvalue weighted by Crippen LogP contribution is -2.08. The Morgan fingerprint density at radius 1 is 0.875 bits per heavy atom. The van der Waals surface area contributed by atoms with Crippen LogP contribution < -0.4 is 5.43 Å². The molecular formula is C20H20ClN3. The van der Waals surface area contributed by atoms with Gasteiger partial charge in [-0.25, -0.2) is 0 Å². The van der Waals surface area contributed by atoms with E-state index in [0.717, 1.165) is 22.7 Å². The average Bonchev–Trinajstić information content (AvgIpc) is 2.60. The monoisotopic (exact) mass is 337 g/mol. The summed E-state index contributed by atoms with van der Waals surface area (Å²) in [6, 6.07) is 22.1. The Morgan fingerprint density at radius 2 is 1.62 bits per heavy atom. The Kier molecular flexibility index (Phi) is 6.10. The summed E-state index contributed by atoms with van der Waals surface area (Å²) in [6.07, 6.45) is 1.78. The summed E-state index contributed by atoms with van der Waals surface area (Å²) in [5.74, 6) is 0. The summed E-state index contributed by atoms with van der Waals surface area (Å²) in [6.45, 7) is 4.19. The van der Waals surface area contributed by atoms with E-state index in [4.69, 9.17) is 0 Å². The maximum absolute atomic E-state index is 4.64.